The van der Waals surface area contributed by atoms with Crippen molar-refractivity contribution in [2.24, 2.45) is 22.2 Å². The van der Waals surface area contributed by atoms with Crippen LogP contribution in [0.2, 0.25) is 0 Å². The van der Waals surface area contributed by atoms with Crippen molar-refractivity contribution in [3.8, 4) is 0 Å². The molecule has 194 valence electrons. The lowest BCUT2D eigenvalue weighted by Crippen LogP contribution is -2.56. The highest BCUT2D eigenvalue weighted by Gasteiger charge is 2.57. The summed E-state index contributed by atoms with van der Waals surface area (Å²) in [7, 11) is 0. The zero-order chi connectivity index (χ0) is 26.2. The Balaban J connectivity index is 1.68. The van der Waals surface area contributed by atoms with Gasteiger partial charge in [0.2, 0.25) is 0 Å². The monoisotopic (exact) mass is 484 g/mol. The zero-order valence-corrected chi connectivity index (χ0v) is 23.0. The number of fused-ring (bicyclic) bond motifs is 2. The van der Waals surface area contributed by atoms with Gasteiger partial charge in [0.05, 0.1) is 11.7 Å². The van der Waals surface area contributed by atoms with E-state index < -0.39 is 16.6 Å². The van der Waals surface area contributed by atoms with E-state index in [1.54, 1.807) is 6.08 Å². The first kappa shape index (κ1) is 26.5. The second-order valence-electron chi connectivity index (χ2n) is 13.4. The fourth-order valence-electron chi connectivity index (χ4n) is 7.99. The number of carbonyl (C=O) groups excluding carboxylic acids is 3. The molecule has 0 bridgehead atoms. The summed E-state index contributed by atoms with van der Waals surface area (Å²) >= 11 is 0. The molecule has 2 saturated carbocycles. The molecular weight excluding hydrogens is 440 g/mol. The van der Waals surface area contributed by atoms with E-state index in [2.05, 4.69) is 13.8 Å². The third-order valence-corrected chi connectivity index (χ3v) is 10.5. The van der Waals surface area contributed by atoms with Crippen LogP contribution in [0.25, 0.3) is 0 Å². The number of ketones is 3. The van der Waals surface area contributed by atoms with Crippen LogP contribution in [-0.4, -0.2) is 39.8 Å². The minimum atomic E-state index is -0.874. The average Bonchev–Trinajstić information content (AvgIpc) is 2.84. The second kappa shape index (κ2) is 8.21. The number of hydrogen-bond donors (Lipinski definition) is 1. The molecule has 0 radical (unpaired) electrons. The summed E-state index contributed by atoms with van der Waals surface area (Å²) in [6.45, 7) is 15.9. The average molecular weight is 485 g/mol. The summed E-state index contributed by atoms with van der Waals surface area (Å²) in [5.74, 6) is 0.252. The molecule has 1 N–H and O–H groups in total. The van der Waals surface area contributed by atoms with Crippen LogP contribution in [0.3, 0.4) is 0 Å². The molecule has 4 rings (SSSR count). The van der Waals surface area contributed by atoms with Crippen molar-refractivity contribution >= 4 is 17.3 Å². The molecule has 0 aromatic rings. The van der Waals surface area contributed by atoms with Crippen LogP contribution in [0.1, 0.15) is 107 Å². The highest BCUT2D eigenvalue weighted by molar-refractivity contribution is 6.07. The van der Waals surface area contributed by atoms with Crippen molar-refractivity contribution in [3.05, 3.63) is 22.8 Å². The summed E-state index contributed by atoms with van der Waals surface area (Å²) in [5.41, 5.74) is -0.146. The normalized spacial score (nSPS) is 41.2. The quantitative estimate of drug-likeness (QED) is 0.557. The van der Waals surface area contributed by atoms with Gasteiger partial charge >= 0.3 is 0 Å². The van der Waals surface area contributed by atoms with E-state index in [4.69, 9.17) is 4.74 Å². The van der Waals surface area contributed by atoms with Crippen molar-refractivity contribution in [2.75, 3.05) is 0 Å². The number of allylic oxidation sites excluding steroid dienone is 4. The lowest BCUT2D eigenvalue weighted by molar-refractivity contribution is -0.195. The molecule has 1 aliphatic heterocycles. The Morgan fingerprint density at radius 3 is 2.23 bits per heavy atom. The van der Waals surface area contributed by atoms with Gasteiger partial charge in [0.25, 0.3) is 0 Å². The van der Waals surface area contributed by atoms with Crippen LogP contribution in [0.4, 0.5) is 0 Å². The van der Waals surface area contributed by atoms with Gasteiger partial charge in [0.15, 0.2) is 11.6 Å². The summed E-state index contributed by atoms with van der Waals surface area (Å²) in [4.78, 5) is 38.6. The number of ether oxygens (including phenoxy) is 1. The van der Waals surface area contributed by atoms with Gasteiger partial charge in [-0.25, -0.2) is 0 Å². The summed E-state index contributed by atoms with van der Waals surface area (Å²) in [6, 6.07) is 0. The molecule has 5 nitrogen and oxygen atoms in total. The molecule has 3 fully saturated rings. The van der Waals surface area contributed by atoms with Gasteiger partial charge in [-0.15, -0.1) is 0 Å². The maximum absolute atomic E-state index is 13.1. The molecular formula is C30H44O5. The lowest BCUT2D eigenvalue weighted by Gasteiger charge is -2.54. The molecule has 0 amide bonds. The Hall–Kier alpha value is -1.59. The van der Waals surface area contributed by atoms with Crippen LogP contribution in [0.15, 0.2) is 22.8 Å². The van der Waals surface area contributed by atoms with E-state index in [1.807, 2.05) is 41.5 Å². The second-order valence-corrected chi connectivity index (χ2v) is 13.4. The topological polar surface area (TPSA) is 80.7 Å². The van der Waals surface area contributed by atoms with Crippen LogP contribution in [-0.2, 0) is 19.1 Å². The molecule has 4 aliphatic rings. The van der Waals surface area contributed by atoms with E-state index in [0.717, 1.165) is 29.6 Å². The molecule has 5 heteroatoms. The first-order valence-electron chi connectivity index (χ1n) is 13.4. The Morgan fingerprint density at radius 1 is 0.943 bits per heavy atom. The Morgan fingerprint density at radius 2 is 1.57 bits per heavy atom. The lowest BCUT2D eigenvalue weighted by atomic mass is 9.52. The van der Waals surface area contributed by atoms with Crippen LogP contribution >= 0.6 is 0 Å². The molecule has 0 aromatic heterocycles. The van der Waals surface area contributed by atoms with Gasteiger partial charge in [-0.1, -0.05) is 19.4 Å². The van der Waals surface area contributed by atoms with E-state index >= 15 is 0 Å². The SMILES string of the molecule is CC1=C(CC[C@H]2[C@]3(C)CCC(=O)C(C)(C)O[C@H]3CC[C@]2(C)O)[C@@]2(C)CCC(=O)C(C)(C)C2=CC1=O. The fourth-order valence-corrected chi connectivity index (χ4v) is 7.99. The van der Waals surface area contributed by atoms with Gasteiger partial charge in [-0.3, -0.25) is 14.4 Å². The van der Waals surface area contributed by atoms with E-state index in [9.17, 15) is 19.5 Å². The zero-order valence-electron chi connectivity index (χ0n) is 23.0. The van der Waals surface area contributed by atoms with Gasteiger partial charge in [0.1, 0.15) is 11.4 Å². The first-order chi connectivity index (χ1) is 16.0. The van der Waals surface area contributed by atoms with Crippen LogP contribution in [0, 0.1) is 22.2 Å². The molecule has 0 aromatic carbocycles. The number of aliphatic hydroxyl groups is 1. The van der Waals surface area contributed by atoms with Crippen molar-refractivity contribution in [1.82, 2.24) is 0 Å². The van der Waals surface area contributed by atoms with Crippen molar-refractivity contribution in [3.63, 3.8) is 0 Å². The minimum absolute atomic E-state index is 0.000103. The fraction of sp³-hybridized carbons (Fsp3) is 0.767. The Bertz CT molecular complexity index is 1030. The number of hydrogen-bond acceptors (Lipinski definition) is 5. The Kier molecular flexibility index (Phi) is 6.21. The summed E-state index contributed by atoms with van der Waals surface area (Å²) < 4.78 is 6.44. The molecule has 5 atom stereocenters. The minimum Gasteiger partial charge on any atom is -0.390 e. The van der Waals surface area contributed by atoms with E-state index in [-0.39, 0.29) is 40.2 Å². The van der Waals surface area contributed by atoms with Crippen molar-refractivity contribution < 1.29 is 24.2 Å². The van der Waals surface area contributed by atoms with Crippen molar-refractivity contribution in [1.29, 1.82) is 0 Å². The van der Waals surface area contributed by atoms with Gasteiger partial charge in [0, 0.05) is 23.7 Å². The molecule has 1 saturated heterocycles. The van der Waals surface area contributed by atoms with Crippen LogP contribution in [0.5, 0.6) is 0 Å². The molecule has 1 heterocycles. The number of carbonyl (C=O) groups is 3. The van der Waals surface area contributed by atoms with Gasteiger partial charge in [-0.2, -0.15) is 0 Å². The molecule has 0 unspecified atom stereocenters. The highest BCUT2D eigenvalue weighted by atomic mass is 16.5. The standard InChI is InChI=1S/C30H44O5/c1-18-19(28(6)14-11-23(32)26(2,3)22(28)17-20(18)31)9-10-21-29(7)15-12-24(33)27(4,5)35-25(29)13-16-30(21,8)34/h17,21,25,34H,9-16H2,1-8H3/t21-,25-,28+,29-,30-/m0/s1. The predicted octanol–water partition coefficient (Wildman–Crippen LogP) is 5.68. The maximum atomic E-state index is 13.1. The smallest absolute Gasteiger partial charge is 0.181 e. The Labute approximate surface area is 210 Å². The van der Waals surface area contributed by atoms with Crippen molar-refractivity contribution in [2.45, 2.75) is 124 Å². The summed E-state index contributed by atoms with van der Waals surface area (Å²) in [6.07, 6.45) is 6.78. The third-order valence-electron chi connectivity index (χ3n) is 10.5. The third kappa shape index (κ3) is 4.01. The van der Waals surface area contributed by atoms with E-state index in [0.29, 0.717) is 38.5 Å². The first-order valence-corrected chi connectivity index (χ1v) is 13.4. The summed E-state index contributed by atoms with van der Waals surface area (Å²) in [5, 5.41) is 11.6. The largest absolute Gasteiger partial charge is 0.390 e. The molecule has 0 spiro atoms. The van der Waals surface area contributed by atoms with E-state index in [1.165, 1.54) is 0 Å². The number of rotatable bonds is 3. The highest BCUT2D eigenvalue weighted by Crippen LogP contribution is 2.59. The molecule has 3 aliphatic carbocycles. The van der Waals surface area contributed by atoms with Gasteiger partial charge in [-0.05, 0) is 109 Å². The number of Topliss-reactive ketones (excluding diaryl/α,β-unsaturated/α-hetero) is 2. The predicted molar refractivity (Wildman–Crippen MR) is 136 cm³/mol. The maximum Gasteiger partial charge on any atom is 0.181 e. The molecule has 35 heavy (non-hydrogen) atoms. The van der Waals surface area contributed by atoms with Crippen LogP contribution < -0.4 is 0 Å². The van der Waals surface area contributed by atoms with Gasteiger partial charge < -0.3 is 9.84 Å².